The van der Waals surface area contributed by atoms with Crippen molar-refractivity contribution < 1.29 is 4.39 Å². The van der Waals surface area contributed by atoms with Crippen LogP contribution in [0.2, 0.25) is 0 Å². The molecule has 106 valence electrons. The first-order chi connectivity index (χ1) is 9.61. The van der Waals surface area contributed by atoms with Crippen molar-refractivity contribution in [3.05, 3.63) is 58.9 Å². The van der Waals surface area contributed by atoms with Gasteiger partial charge in [0.1, 0.15) is 5.82 Å². The van der Waals surface area contributed by atoms with Crippen molar-refractivity contribution in [2.24, 2.45) is 0 Å². The average Bonchev–Trinajstić information content (AvgIpc) is 2.44. The number of hydrogen-bond acceptors (Lipinski definition) is 1. The van der Waals surface area contributed by atoms with Crippen LogP contribution in [0.3, 0.4) is 0 Å². The van der Waals surface area contributed by atoms with E-state index in [1.165, 1.54) is 17.2 Å². The van der Waals surface area contributed by atoms with Crippen LogP contribution in [0.1, 0.15) is 30.0 Å². The Balaban J connectivity index is 2.35. The molecule has 2 aromatic rings. The number of benzene rings is 2. The van der Waals surface area contributed by atoms with E-state index in [2.05, 4.69) is 37.4 Å². The van der Waals surface area contributed by atoms with Crippen LogP contribution >= 0.6 is 0 Å². The van der Waals surface area contributed by atoms with Gasteiger partial charge < -0.3 is 5.32 Å². The third-order valence-electron chi connectivity index (χ3n) is 3.55. The van der Waals surface area contributed by atoms with Crippen LogP contribution in [-0.4, -0.2) is 6.54 Å². The maximum absolute atomic E-state index is 13.5. The number of hydrogen-bond donors (Lipinski definition) is 1. The van der Waals surface area contributed by atoms with Crippen molar-refractivity contribution in [1.29, 1.82) is 0 Å². The van der Waals surface area contributed by atoms with Gasteiger partial charge in [-0.25, -0.2) is 4.39 Å². The molecule has 0 spiro atoms. The van der Waals surface area contributed by atoms with Crippen molar-refractivity contribution in [3.8, 4) is 11.1 Å². The standard InChI is InChI=1S/C18H22FN/c1-4-9-20-12-15-7-5-13(2)17(10-15)18-11-16(19)8-6-14(18)3/h5-8,10-11,20H,4,9,12H2,1-3H3. The summed E-state index contributed by atoms with van der Waals surface area (Å²) < 4.78 is 13.5. The Morgan fingerprint density at radius 1 is 0.950 bits per heavy atom. The lowest BCUT2D eigenvalue weighted by Gasteiger charge is -2.12. The summed E-state index contributed by atoms with van der Waals surface area (Å²) in [5.41, 5.74) is 5.63. The highest BCUT2D eigenvalue weighted by Crippen LogP contribution is 2.28. The molecule has 0 aliphatic heterocycles. The van der Waals surface area contributed by atoms with Gasteiger partial charge in [0, 0.05) is 6.54 Å². The Kier molecular flexibility index (Phi) is 4.91. The highest BCUT2D eigenvalue weighted by molar-refractivity contribution is 5.71. The zero-order valence-electron chi connectivity index (χ0n) is 12.5. The molecule has 0 amide bonds. The van der Waals surface area contributed by atoms with Crippen molar-refractivity contribution in [2.75, 3.05) is 6.54 Å². The summed E-state index contributed by atoms with van der Waals surface area (Å²) in [6.45, 7) is 8.13. The fourth-order valence-corrected chi connectivity index (χ4v) is 2.36. The predicted molar refractivity (Wildman–Crippen MR) is 83.3 cm³/mol. The van der Waals surface area contributed by atoms with Crippen molar-refractivity contribution >= 4 is 0 Å². The number of halogens is 1. The minimum atomic E-state index is -0.181. The molecule has 0 heterocycles. The molecule has 20 heavy (non-hydrogen) atoms. The highest BCUT2D eigenvalue weighted by atomic mass is 19.1. The topological polar surface area (TPSA) is 12.0 Å². The van der Waals surface area contributed by atoms with Crippen molar-refractivity contribution in [2.45, 2.75) is 33.7 Å². The molecule has 2 aromatic carbocycles. The molecular formula is C18H22FN. The number of rotatable bonds is 5. The van der Waals surface area contributed by atoms with E-state index in [1.807, 2.05) is 13.0 Å². The van der Waals surface area contributed by atoms with Gasteiger partial charge in [-0.15, -0.1) is 0 Å². The maximum Gasteiger partial charge on any atom is 0.123 e. The van der Waals surface area contributed by atoms with E-state index < -0.39 is 0 Å². The van der Waals surface area contributed by atoms with Gasteiger partial charge in [0.15, 0.2) is 0 Å². The molecule has 0 saturated carbocycles. The maximum atomic E-state index is 13.5. The van der Waals surface area contributed by atoms with Crippen molar-refractivity contribution in [1.82, 2.24) is 5.32 Å². The lowest BCUT2D eigenvalue weighted by molar-refractivity contribution is 0.628. The van der Waals surface area contributed by atoms with Gasteiger partial charge in [-0.1, -0.05) is 25.1 Å². The molecule has 0 aliphatic rings. The third-order valence-corrected chi connectivity index (χ3v) is 3.55. The van der Waals surface area contributed by atoms with Gasteiger partial charge in [-0.2, -0.15) is 0 Å². The summed E-state index contributed by atoms with van der Waals surface area (Å²) in [6.07, 6.45) is 1.13. The van der Waals surface area contributed by atoms with E-state index in [9.17, 15) is 4.39 Å². The predicted octanol–water partition coefficient (Wildman–Crippen LogP) is 4.61. The molecule has 0 atom stereocenters. The van der Waals surface area contributed by atoms with E-state index in [0.717, 1.165) is 36.2 Å². The van der Waals surface area contributed by atoms with Gasteiger partial charge in [0.25, 0.3) is 0 Å². The Morgan fingerprint density at radius 3 is 2.30 bits per heavy atom. The summed E-state index contributed by atoms with van der Waals surface area (Å²) in [5, 5.41) is 3.40. The third kappa shape index (κ3) is 3.45. The molecule has 2 rings (SSSR count). The van der Waals surface area contributed by atoms with Crippen LogP contribution < -0.4 is 5.32 Å². The van der Waals surface area contributed by atoms with E-state index in [-0.39, 0.29) is 5.82 Å². The minimum absolute atomic E-state index is 0.181. The zero-order valence-corrected chi connectivity index (χ0v) is 12.5. The van der Waals surface area contributed by atoms with Gasteiger partial charge in [0.2, 0.25) is 0 Å². The summed E-state index contributed by atoms with van der Waals surface area (Å²) in [7, 11) is 0. The van der Waals surface area contributed by atoms with Crippen LogP contribution in [0.25, 0.3) is 11.1 Å². The Labute approximate surface area is 120 Å². The molecule has 2 heteroatoms. The first-order valence-corrected chi connectivity index (χ1v) is 7.18. The van der Waals surface area contributed by atoms with Crippen LogP contribution in [0, 0.1) is 19.7 Å². The summed E-state index contributed by atoms with van der Waals surface area (Å²) in [4.78, 5) is 0. The SMILES string of the molecule is CCCNCc1ccc(C)c(-c2cc(F)ccc2C)c1. The Hall–Kier alpha value is -1.67. The molecule has 0 radical (unpaired) electrons. The fourth-order valence-electron chi connectivity index (χ4n) is 2.36. The molecule has 0 aromatic heterocycles. The van der Waals surface area contributed by atoms with Gasteiger partial charge in [-0.05, 0) is 72.8 Å². The van der Waals surface area contributed by atoms with Crippen LogP contribution in [0.5, 0.6) is 0 Å². The minimum Gasteiger partial charge on any atom is -0.313 e. The first-order valence-electron chi connectivity index (χ1n) is 7.18. The lowest BCUT2D eigenvalue weighted by Crippen LogP contribution is -2.13. The Morgan fingerprint density at radius 2 is 1.60 bits per heavy atom. The number of nitrogens with one attached hydrogen (secondary N) is 1. The second kappa shape index (κ2) is 6.67. The molecule has 0 unspecified atom stereocenters. The van der Waals surface area contributed by atoms with Crippen LogP contribution in [0.4, 0.5) is 4.39 Å². The second-order valence-electron chi connectivity index (χ2n) is 5.29. The fraction of sp³-hybridized carbons (Fsp3) is 0.333. The van der Waals surface area contributed by atoms with E-state index in [4.69, 9.17) is 0 Å². The number of aryl methyl sites for hydroxylation is 2. The smallest absolute Gasteiger partial charge is 0.123 e. The van der Waals surface area contributed by atoms with E-state index in [1.54, 1.807) is 6.07 Å². The largest absolute Gasteiger partial charge is 0.313 e. The van der Waals surface area contributed by atoms with Crippen LogP contribution in [0.15, 0.2) is 36.4 Å². The molecule has 1 N–H and O–H groups in total. The summed E-state index contributed by atoms with van der Waals surface area (Å²) in [6, 6.07) is 11.4. The second-order valence-corrected chi connectivity index (χ2v) is 5.29. The van der Waals surface area contributed by atoms with E-state index >= 15 is 0 Å². The lowest BCUT2D eigenvalue weighted by atomic mass is 9.95. The van der Waals surface area contributed by atoms with Crippen molar-refractivity contribution in [3.63, 3.8) is 0 Å². The quantitative estimate of drug-likeness (QED) is 0.783. The normalized spacial score (nSPS) is 10.8. The molecule has 1 nitrogen and oxygen atoms in total. The van der Waals surface area contributed by atoms with E-state index in [0.29, 0.717) is 0 Å². The monoisotopic (exact) mass is 271 g/mol. The van der Waals surface area contributed by atoms with Gasteiger partial charge in [0.05, 0.1) is 0 Å². The van der Waals surface area contributed by atoms with Gasteiger partial charge in [-0.3, -0.25) is 0 Å². The molecular weight excluding hydrogens is 249 g/mol. The molecule has 0 aliphatic carbocycles. The molecule has 0 bridgehead atoms. The zero-order chi connectivity index (χ0) is 14.5. The van der Waals surface area contributed by atoms with Gasteiger partial charge >= 0.3 is 0 Å². The summed E-state index contributed by atoms with van der Waals surface area (Å²) >= 11 is 0. The summed E-state index contributed by atoms with van der Waals surface area (Å²) in [5.74, 6) is -0.181. The molecule has 0 saturated heterocycles. The molecule has 0 fully saturated rings. The average molecular weight is 271 g/mol. The van der Waals surface area contributed by atoms with Crippen LogP contribution in [-0.2, 0) is 6.54 Å². The highest BCUT2D eigenvalue weighted by Gasteiger charge is 2.07. The first kappa shape index (κ1) is 14.7. The Bertz CT molecular complexity index is 590.